The summed E-state index contributed by atoms with van der Waals surface area (Å²) in [6, 6.07) is 8.07. The van der Waals surface area contributed by atoms with Crippen molar-refractivity contribution in [1.82, 2.24) is 4.90 Å². The Hall–Kier alpha value is -0.220. The highest BCUT2D eigenvalue weighted by atomic mass is 35.5. The Morgan fingerprint density at radius 3 is 2.72 bits per heavy atom. The molecule has 2 N–H and O–H groups in total. The molecule has 1 aromatic carbocycles. The van der Waals surface area contributed by atoms with E-state index in [0.717, 1.165) is 30.4 Å². The van der Waals surface area contributed by atoms with Gasteiger partial charge in [-0.15, -0.1) is 11.8 Å². The van der Waals surface area contributed by atoms with Gasteiger partial charge in [0.05, 0.1) is 0 Å². The molecule has 1 saturated heterocycles. The van der Waals surface area contributed by atoms with Crippen LogP contribution in [0.25, 0.3) is 0 Å². The molecule has 18 heavy (non-hydrogen) atoms. The molecule has 0 saturated carbocycles. The van der Waals surface area contributed by atoms with Crippen molar-refractivity contribution in [3.05, 3.63) is 29.3 Å². The zero-order valence-electron chi connectivity index (χ0n) is 10.9. The summed E-state index contributed by atoms with van der Waals surface area (Å²) in [5.41, 5.74) is 6.16. The minimum Gasteiger partial charge on any atom is -0.330 e. The lowest BCUT2D eigenvalue weighted by atomic mass is 9.90. The molecule has 0 radical (unpaired) electrons. The second-order valence-corrected chi connectivity index (χ2v) is 6.95. The first-order valence-corrected chi connectivity index (χ1v) is 7.78. The Kier molecular flexibility index (Phi) is 4.96. The van der Waals surface area contributed by atoms with Crippen LogP contribution < -0.4 is 5.73 Å². The van der Waals surface area contributed by atoms with Crippen molar-refractivity contribution in [3.63, 3.8) is 0 Å². The predicted molar refractivity (Wildman–Crippen MR) is 80.4 cm³/mol. The minimum absolute atomic E-state index is 0.338. The van der Waals surface area contributed by atoms with Crippen molar-refractivity contribution in [1.29, 1.82) is 0 Å². The molecule has 0 amide bonds. The van der Waals surface area contributed by atoms with Gasteiger partial charge in [-0.2, -0.15) is 0 Å². The number of hydrogen-bond donors (Lipinski definition) is 1. The highest BCUT2D eigenvalue weighted by Crippen LogP contribution is 2.29. The first kappa shape index (κ1) is 14.2. The second-order valence-electron chi connectivity index (χ2n) is 5.34. The summed E-state index contributed by atoms with van der Waals surface area (Å²) < 4.78 is 0. The number of likely N-dealkylation sites (tertiary alicyclic amines) is 1. The summed E-state index contributed by atoms with van der Waals surface area (Å²) in [6.07, 6.45) is 1.23. The van der Waals surface area contributed by atoms with Gasteiger partial charge in [-0.3, -0.25) is 0 Å². The highest BCUT2D eigenvalue weighted by molar-refractivity contribution is 7.99. The Balaban J connectivity index is 1.72. The fourth-order valence-electron chi connectivity index (χ4n) is 2.31. The first-order valence-electron chi connectivity index (χ1n) is 6.42. The largest absolute Gasteiger partial charge is 0.330 e. The maximum Gasteiger partial charge on any atom is 0.0406 e. The lowest BCUT2D eigenvalue weighted by Gasteiger charge is -2.22. The van der Waals surface area contributed by atoms with Gasteiger partial charge >= 0.3 is 0 Å². The third kappa shape index (κ3) is 3.89. The van der Waals surface area contributed by atoms with E-state index < -0.39 is 0 Å². The van der Waals surface area contributed by atoms with Gasteiger partial charge in [0.25, 0.3) is 0 Å². The number of halogens is 1. The van der Waals surface area contributed by atoms with Crippen molar-refractivity contribution < 1.29 is 0 Å². The third-order valence-electron chi connectivity index (χ3n) is 3.62. The van der Waals surface area contributed by atoms with Crippen molar-refractivity contribution in [2.45, 2.75) is 18.2 Å². The molecule has 1 heterocycles. The standard InChI is InChI=1S/C14H21ClN2S/c1-14(10-16)6-7-17(11-14)8-9-18-13-4-2-12(15)3-5-13/h2-5H,6-11,16H2,1H3. The highest BCUT2D eigenvalue weighted by Gasteiger charge is 2.31. The van der Waals surface area contributed by atoms with E-state index in [1.165, 1.54) is 17.9 Å². The van der Waals surface area contributed by atoms with E-state index in [1.807, 2.05) is 23.9 Å². The molecule has 1 atom stereocenters. The van der Waals surface area contributed by atoms with Gasteiger partial charge in [0.15, 0.2) is 0 Å². The van der Waals surface area contributed by atoms with Gasteiger partial charge in [-0.1, -0.05) is 18.5 Å². The average molecular weight is 285 g/mol. The molecule has 1 fully saturated rings. The number of nitrogens with zero attached hydrogens (tertiary/aromatic N) is 1. The Labute approximate surface area is 119 Å². The van der Waals surface area contributed by atoms with Crippen LogP contribution in [0.4, 0.5) is 0 Å². The van der Waals surface area contributed by atoms with Crippen LogP contribution in [-0.2, 0) is 0 Å². The molecule has 1 aliphatic rings. The number of benzene rings is 1. The van der Waals surface area contributed by atoms with E-state index in [9.17, 15) is 0 Å². The molecule has 4 heteroatoms. The number of rotatable bonds is 5. The van der Waals surface area contributed by atoms with Gasteiger partial charge in [0.1, 0.15) is 0 Å². The maximum atomic E-state index is 5.87. The van der Waals surface area contributed by atoms with Crippen LogP contribution in [0.15, 0.2) is 29.2 Å². The van der Waals surface area contributed by atoms with E-state index in [1.54, 1.807) is 0 Å². The number of thioether (sulfide) groups is 1. The van der Waals surface area contributed by atoms with Crippen LogP contribution in [0.1, 0.15) is 13.3 Å². The molecule has 0 spiro atoms. The van der Waals surface area contributed by atoms with Gasteiger partial charge in [-0.25, -0.2) is 0 Å². The monoisotopic (exact) mass is 284 g/mol. The molecule has 2 nitrogen and oxygen atoms in total. The normalized spacial score (nSPS) is 24.6. The fraction of sp³-hybridized carbons (Fsp3) is 0.571. The van der Waals surface area contributed by atoms with Crippen LogP contribution in [0.3, 0.4) is 0 Å². The zero-order chi connectivity index (χ0) is 13.0. The first-order chi connectivity index (χ1) is 8.61. The Morgan fingerprint density at radius 2 is 2.11 bits per heavy atom. The molecule has 0 aromatic heterocycles. The summed E-state index contributed by atoms with van der Waals surface area (Å²) in [5.74, 6) is 1.13. The predicted octanol–water partition coefficient (Wildman–Crippen LogP) is 3.10. The summed E-state index contributed by atoms with van der Waals surface area (Å²) in [6.45, 7) is 6.57. The van der Waals surface area contributed by atoms with Crippen molar-refractivity contribution >= 4 is 23.4 Å². The summed E-state index contributed by atoms with van der Waals surface area (Å²) >= 11 is 7.76. The molecule has 1 unspecified atom stereocenters. The summed E-state index contributed by atoms with van der Waals surface area (Å²) in [7, 11) is 0. The van der Waals surface area contributed by atoms with Gasteiger partial charge in [0, 0.05) is 28.8 Å². The van der Waals surface area contributed by atoms with Gasteiger partial charge in [0.2, 0.25) is 0 Å². The van der Waals surface area contributed by atoms with Crippen molar-refractivity contribution in [3.8, 4) is 0 Å². The molecular formula is C14H21ClN2S. The lowest BCUT2D eigenvalue weighted by molar-refractivity contribution is 0.293. The van der Waals surface area contributed by atoms with Crippen molar-refractivity contribution in [2.75, 3.05) is 31.9 Å². The average Bonchev–Trinajstić information content (AvgIpc) is 2.75. The number of nitrogens with two attached hydrogens (primary N) is 1. The lowest BCUT2D eigenvalue weighted by Crippen LogP contribution is -2.32. The maximum absolute atomic E-state index is 5.87. The van der Waals surface area contributed by atoms with Crippen LogP contribution in [0, 0.1) is 5.41 Å². The Morgan fingerprint density at radius 1 is 1.39 bits per heavy atom. The quantitative estimate of drug-likeness (QED) is 0.843. The Bertz CT molecular complexity index is 382. The topological polar surface area (TPSA) is 29.3 Å². The van der Waals surface area contributed by atoms with Gasteiger partial charge in [-0.05, 0) is 49.2 Å². The second kappa shape index (κ2) is 6.29. The molecule has 0 bridgehead atoms. The summed E-state index contributed by atoms with van der Waals surface area (Å²) in [5, 5.41) is 0.803. The van der Waals surface area contributed by atoms with Crippen LogP contribution in [-0.4, -0.2) is 36.8 Å². The molecular weight excluding hydrogens is 264 g/mol. The zero-order valence-corrected chi connectivity index (χ0v) is 12.4. The SMILES string of the molecule is CC1(CN)CCN(CCSc2ccc(Cl)cc2)C1. The minimum atomic E-state index is 0.338. The molecule has 1 aliphatic heterocycles. The molecule has 1 aromatic rings. The van der Waals surface area contributed by atoms with Gasteiger partial charge < -0.3 is 10.6 Å². The third-order valence-corrected chi connectivity index (χ3v) is 4.86. The number of hydrogen-bond acceptors (Lipinski definition) is 3. The van der Waals surface area contributed by atoms with Crippen molar-refractivity contribution in [2.24, 2.45) is 11.1 Å². The van der Waals surface area contributed by atoms with E-state index in [0.29, 0.717) is 5.41 Å². The fourth-order valence-corrected chi connectivity index (χ4v) is 3.35. The summed E-state index contributed by atoms with van der Waals surface area (Å²) in [4.78, 5) is 3.82. The van der Waals surface area contributed by atoms with Crippen LogP contribution >= 0.6 is 23.4 Å². The molecule has 0 aliphatic carbocycles. The van der Waals surface area contributed by atoms with Crippen LogP contribution in [0.2, 0.25) is 5.02 Å². The van der Waals surface area contributed by atoms with E-state index in [2.05, 4.69) is 24.0 Å². The van der Waals surface area contributed by atoms with E-state index in [-0.39, 0.29) is 0 Å². The smallest absolute Gasteiger partial charge is 0.0406 e. The molecule has 2 rings (SSSR count). The van der Waals surface area contributed by atoms with Crippen LogP contribution in [0.5, 0.6) is 0 Å². The van der Waals surface area contributed by atoms with E-state index >= 15 is 0 Å². The van der Waals surface area contributed by atoms with E-state index in [4.69, 9.17) is 17.3 Å². The molecule has 100 valence electrons.